The number of benzene rings is 2. The molecule has 166 valence electrons. The Labute approximate surface area is 206 Å². The molecule has 0 aromatic heterocycles. The smallest absolute Gasteiger partial charge is 0.267 e. The summed E-state index contributed by atoms with van der Waals surface area (Å²) in [6.45, 7) is 0. The van der Waals surface area contributed by atoms with Gasteiger partial charge in [-0.15, -0.1) is 0 Å². The van der Waals surface area contributed by atoms with E-state index < -0.39 is 0 Å². The van der Waals surface area contributed by atoms with Gasteiger partial charge < -0.3 is 5.32 Å². The van der Waals surface area contributed by atoms with Crippen molar-refractivity contribution in [1.29, 1.82) is 0 Å². The first-order chi connectivity index (χ1) is 15.5. The Morgan fingerprint density at radius 1 is 1.12 bits per heavy atom. The van der Waals surface area contributed by atoms with Crippen LogP contribution in [0.2, 0.25) is 10.0 Å². The Hall–Kier alpha value is -1.82. The number of hydrazone groups is 1. The fourth-order valence-electron chi connectivity index (χ4n) is 5.17. The lowest BCUT2D eigenvalue weighted by Crippen LogP contribution is -2.50. The highest BCUT2D eigenvalue weighted by Crippen LogP contribution is 2.40. The number of anilines is 1. The van der Waals surface area contributed by atoms with E-state index in [9.17, 15) is 4.79 Å². The number of hydrogen-bond acceptors (Lipinski definition) is 3. The maximum atomic E-state index is 13.3. The number of allylic oxidation sites excluding steroid dienone is 1. The van der Waals surface area contributed by atoms with Gasteiger partial charge in [0.25, 0.3) is 5.91 Å². The molecule has 2 aromatic carbocycles. The summed E-state index contributed by atoms with van der Waals surface area (Å²) in [6, 6.07) is 13.6. The number of hydrogen-bond donors (Lipinski definition) is 1. The Morgan fingerprint density at radius 3 is 2.69 bits per heavy atom. The minimum Gasteiger partial charge on any atom is -0.347 e. The van der Waals surface area contributed by atoms with Crippen molar-refractivity contribution in [1.82, 2.24) is 5.32 Å². The average molecular weight is 533 g/mol. The van der Waals surface area contributed by atoms with Crippen LogP contribution in [0, 0.1) is 11.8 Å². The van der Waals surface area contributed by atoms with Crippen LogP contribution in [0.15, 0.2) is 64.2 Å². The van der Waals surface area contributed by atoms with Crippen molar-refractivity contribution in [2.75, 3.05) is 5.01 Å². The van der Waals surface area contributed by atoms with Crippen LogP contribution < -0.4 is 10.3 Å². The van der Waals surface area contributed by atoms with Crippen molar-refractivity contribution < 1.29 is 4.79 Å². The first-order valence-corrected chi connectivity index (χ1v) is 12.6. The molecule has 1 heterocycles. The molecular formula is C25H24BrCl2N3O. The van der Waals surface area contributed by atoms with E-state index in [0.29, 0.717) is 34.0 Å². The van der Waals surface area contributed by atoms with Gasteiger partial charge in [-0.1, -0.05) is 69.8 Å². The van der Waals surface area contributed by atoms with Gasteiger partial charge in [-0.3, -0.25) is 9.80 Å². The maximum Gasteiger partial charge on any atom is 0.267 e. The number of rotatable bonds is 4. The van der Waals surface area contributed by atoms with E-state index in [1.54, 1.807) is 12.1 Å². The second kappa shape index (κ2) is 9.20. The monoisotopic (exact) mass is 531 g/mol. The summed E-state index contributed by atoms with van der Waals surface area (Å²) in [5, 5.41) is 11.0. The highest BCUT2D eigenvalue weighted by atomic mass is 79.9. The minimum absolute atomic E-state index is 0.0723. The van der Waals surface area contributed by atoms with Crippen LogP contribution in [0.25, 0.3) is 0 Å². The summed E-state index contributed by atoms with van der Waals surface area (Å²) in [6.07, 6.45) is 9.66. The van der Waals surface area contributed by atoms with Crippen molar-refractivity contribution in [3.05, 3.63) is 74.7 Å². The normalized spacial score (nSPS) is 26.7. The van der Waals surface area contributed by atoms with Gasteiger partial charge in [0, 0.05) is 22.0 Å². The molecule has 1 fully saturated rings. The first kappa shape index (κ1) is 22.0. The largest absolute Gasteiger partial charge is 0.347 e. The number of fused-ring (bicyclic) bond motifs is 2. The van der Waals surface area contributed by atoms with E-state index in [0.717, 1.165) is 28.6 Å². The summed E-state index contributed by atoms with van der Waals surface area (Å²) in [4.78, 5) is 13.3. The van der Waals surface area contributed by atoms with Crippen molar-refractivity contribution in [2.24, 2.45) is 16.9 Å². The molecule has 2 bridgehead atoms. The molecule has 1 saturated carbocycles. The van der Waals surface area contributed by atoms with Crippen LogP contribution in [-0.4, -0.2) is 17.7 Å². The molecule has 32 heavy (non-hydrogen) atoms. The van der Waals surface area contributed by atoms with Crippen LogP contribution in [-0.2, 0) is 4.79 Å². The molecule has 7 heteroatoms. The quantitative estimate of drug-likeness (QED) is 0.434. The molecule has 0 saturated heterocycles. The zero-order valence-electron chi connectivity index (χ0n) is 17.5. The Kier molecular flexibility index (Phi) is 6.33. The summed E-state index contributed by atoms with van der Waals surface area (Å²) < 4.78 is 1.01. The van der Waals surface area contributed by atoms with Gasteiger partial charge in [-0.2, -0.15) is 5.10 Å². The second-order valence-electron chi connectivity index (χ2n) is 8.78. The van der Waals surface area contributed by atoms with Crippen molar-refractivity contribution >= 4 is 56.4 Å². The SMILES string of the molecule is O=C(NC1C2C=CCC1CCC2)C1=NN(c2ccc(Cl)cc2Cl)C(c2ccc(Br)cc2)C1. The van der Waals surface area contributed by atoms with E-state index in [2.05, 4.69) is 45.5 Å². The number of nitrogens with zero attached hydrogens (tertiary/aromatic N) is 2. The zero-order valence-corrected chi connectivity index (χ0v) is 20.6. The second-order valence-corrected chi connectivity index (χ2v) is 10.5. The fraction of sp³-hybridized carbons (Fsp3) is 0.360. The van der Waals surface area contributed by atoms with Crippen LogP contribution in [0.1, 0.15) is 43.7 Å². The van der Waals surface area contributed by atoms with E-state index in [-0.39, 0.29) is 18.0 Å². The summed E-state index contributed by atoms with van der Waals surface area (Å²) in [5.41, 5.74) is 2.35. The van der Waals surface area contributed by atoms with Gasteiger partial charge >= 0.3 is 0 Å². The number of carbonyl (C=O) groups excluding carboxylic acids is 1. The van der Waals surface area contributed by atoms with Gasteiger partial charge in [0.2, 0.25) is 0 Å². The predicted molar refractivity (Wildman–Crippen MR) is 134 cm³/mol. The maximum absolute atomic E-state index is 13.3. The minimum atomic E-state index is -0.117. The van der Waals surface area contributed by atoms with Crippen LogP contribution in [0.5, 0.6) is 0 Å². The molecule has 1 aliphatic heterocycles. The number of nitrogens with one attached hydrogen (secondary N) is 1. The van der Waals surface area contributed by atoms with E-state index >= 15 is 0 Å². The van der Waals surface area contributed by atoms with Crippen LogP contribution in [0.4, 0.5) is 5.69 Å². The summed E-state index contributed by atoms with van der Waals surface area (Å²) in [5.74, 6) is 0.878. The number of halogens is 3. The molecule has 4 nitrogen and oxygen atoms in total. The zero-order chi connectivity index (χ0) is 22.2. The lowest BCUT2D eigenvalue weighted by atomic mass is 9.72. The summed E-state index contributed by atoms with van der Waals surface area (Å²) in [7, 11) is 0. The van der Waals surface area contributed by atoms with Gasteiger partial charge in [0.1, 0.15) is 5.71 Å². The number of carbonyl (C=O) groups is 1. The molecule has 1 N–H and O–H groups in total. The molecule has 5 rings (SSSR count). The highest BCUT2D eigenvalue weighted by molar-refractivity contribution is 9.10. The molecular weight excluding hydrogens is 509 g/mol. The Morgan fingerprint density at radius 2 is 1.94 bits per heavy atom. The molecule has 1 amide bonds. The molecule has 0 spiro atoms. The molecule has 2 aromatic rings. The fourth-order valence-corrected chi connectivity index (χ4v) is 5.93. The van der Waals surface area contributed by atoms with E-state index in [1.807, 2.05) is 23.2 Å². The van der Waals surface area contributed by atoms with Gasteiger partial charge in [0.05, 0.1) is 16.8 Å². The third kappa shape index (κ3) is 4.35. The van der Waals surface area contributed by atoms with Crippen LogP contribution in [0.3, 0.4) is 0 Å². The van der Waals surface area contributed by atoms with Crippen molar-refractivity contribution in [2.45, 2.75) is 44.2 Å². The lowest BCUT2D eigenvalue weighted by Gasteiger charge is -2.39. The van der Waals surface area contributed by atoms with Crippen LogP contribution >= 0.6 is 39.1 Å². The molecule has 4 atom stereocenters. The van der Waals surface area contributed by atoms with Crippen molar-refractivity contribution in [3.8, 4) is 0 Å². The Bertz CT molecular complexity index is 1090. The third-order valence-electron chi connectivity index (χ3n) is 6.79. The summed E-state index contributed by atoms with van der Waals surface area (Å²) >= 11 is 16.1. The molecule has 0 radical (unpaired) electrons. The number of amides is 1. The highest BCUT2D eigenvalue weighted by Gasteiger charge is 2.38. The standard InChI is InChI=1S/C25H24BrCl2N3O/c26-18-9-7-15(8-10-18)23-14-21(30-31(23)22-12-11-19(27)13-20(22)28)25(32)29-24-16-3-1-4-17(24)6-2-5-16/h1,3,7-13,16-17,23-24H,2,4-6,14H2,(H,29,32). The Balaban J connectivity index is 1.44. The predicted octanol–water partition coefficient (Wildman–Crippen LogP) is 6.92. The molecule has 3 aliphatic rings. The molecule has 4 unspecified atom stereocenters. The first-order valence-electron chi connectivity index (χ1n) is 11.0. The third-order valence-corrected chi connectivity index (χ3v) is 7.85. The van der Waals surface area contributed by atoms with E-state index in [1.165, 1.54) is 12.8 Å². The van der Waals surface area contributed by atoms with Gasteiger partial charge in [0.15, 0.2) is 0 Å². The lowest BCUT2D eigenvalue weighted by molar-refractivity contribution is -0.116. The van der Waals surface area contributed by atoms with Gasteiger partial charge in [-0.05, 0) is 67.0 Å². The van der Waals surface area contributed by atoms with Crippen molar-refractivity contribution in [3.63, 3.8) is 0 Å². The average Bonchev–Trinajstić information content (AvgIpc) is 3.19. The van der Waals surface area contributed by atoms with E-state index in [4.69, 9.17) is 28.3 Å². The van der Waals surface area contributed by atoms with Gasteiger partial charge in [-0.25, -0.2) is 0 Å². The topological polar surface area (TPSA) is 44.7 Å². The molecule has 2 aliphatic carbocycles.